The third kappa shape index (κ3) is 4.42. The summed E-state index contributed by atoms with van der Waals surface area (Å²) in [5.41, 5.74) is 2.03. The number of unbranched alkanes of at least 4 members (excludes halogenated alkanes) is 1. The molecule has 1 aromatic heterocycles. The first-order valence-electron chi connectivity index (χ1n) is 9.72. The van der Waals surface area contributed by atoms with Gasteiger partial charge in [-0.3, -0.25) is 4.90 Å². The van der Waals surface area contributed by atoms with Crippen molar-refractivity contribution < 1.29 is 4.79 Å². The first-order chi connectivity index (χ1) is 12.7. The Balaban J connectivity index is 1.84. The van der Waals surface area contributed by atoms with E-state index < -0.39 is 0 Å². The lowest BCUT2D eigenvalue weighted by atomic mass is 10.2. The maximum absolute atomic E-state index is 12.8. The molecule has 26 heavy (non-hydrogen) atoms. The van der Waals surface area contributed by atoms with Crippen LogP contribution in [0.25, 0.3) is 0 Å². The van der Waals surface area contributed by atoms with Crippen LogP contribution in [0.1, 0.15) is 56.2 Å². The van der Waals surface area contributed by atoms with E-state index in [1.54, 1.807) is 4.90 Å². The predicted molar refractivity (Wildman–Crippen MR) is 103 cm³/mol. The van der Waals surface area contributed by atoms with Gasteiger partial charge in [-0.2, -0.15) is 0 Å². The molecule has 6 nitrogen and oxygen atoms in total. The zero-order chi connectivity index (χ0) is 18.4. The average molecular weight is 355 g/mol. The van der Waals surface area contributed by atoms with Crippen LogP contribution in [0.2, 0.25) is 0 Å². The van der Waals surface area contributed by atoms with Crippen LogP contribution < -0.4 is 10.2 Å². The highest BCUT2D eigenvalue weighted by atomic mass is 16.2. The fourth-order valence-electron chi connectivity index (χ4n) is 3.35. The van der Waals surface area contributed by atoms with Crippen LogP contribution in [0, 0.1) is 6.92 Å². The number of amides is 2. The number of hydrogen-bond donors (Lipinski definition) is 1. The van der Waals surface area contributed by atoms with Gasteiger partial charge in [-0.1, -0.05) is 31.9 Å². The van der Waals surface area contributed by atoms with E-state index in [9.17, 15) is 4.79 Å². The Bertz CT molecular complexity index is 740. The molecule has 0 saturated carbocycles. The summed E-state index contributed by atoms with van der Waals surface area (Å²) in [4.78, 5) is 14.6. The number of urea groups is 1. The molecule has 0 fully saturated rings. The van der Waals surface area contributed by atoms with Gasteiger partial charge in [-0.15, -0.1) is 10.2 Å². The highest BCUT2D eigenvalue weighted by Gasteiger charge is 2.21. The Morgan fingerprint density at radius 1 is 1.27 bits per heavy atom. The molecule has 2 amide bonds. The molecule has 0 spiro atoms. The molecule has 0 saturated heterocycles. The number of fused-ring (bicyclic) bond motifs is 1. The van der Waals surface area contributed by atoms with E-state index in [2.05, 4.69) is 27.0 Å². The predicted octanol–water partition coefficient (Wildman–Crippen LogP) is 3.83. The molecule has 140 valence electrons. The van der Waals surface area contributed by atoms with Crippen molar-refractivity contribution in [2.24, 2.45) is 0 Å². The summed E-state index contributed by atoms with van der Waals surface area (Å²) in [7, 11) is 0. The van der Waals surface area contributed by atoms with Crippen molar-refractivity contribution >= 4 is 11.7 Å². The minimum atomic E-state index is -0.0741. The second-order valence-electron chi connectivity index (χ2n) is 7.01. The van der Waals surface area contributed by atoms with Crippen LogP contribution in [0.5, 0.6) is 0 Å². The molecule has 2 aromatic rings. The maximum atomic E-state index is 12.8. The van der Waals surface area contributed by atoms with E-state index in [4.69, 9.17) is 0 Å². The minimum absolute atomic E-state index is 0.0741. The Hall–Kier alpha value is -2.37. The molecule has 3 rings (SSSR count). The average Bonchev–Trinajstić information content (AvgIpc) is 2.86. The standard InChI is InChI=1S/C20H29N5O/c1-3-4-12-21-20(26)25(17-10-8-9-16(2)14-17)15-19-23-22-18-11-6-5-7-13-24(18)19/h8-10,14H,3-7,11-13,15H2,1-2H3,(H,21,26). The smallest absolute Gasteiger partial charge is 0.322 e. The Kier molecular flexibility index (Phi) is 6.26. The van der Waals surface area contributed by atoms with Gasteiger partial charge in [0.1, 0.15) is 5.82 Å². The highest BCUT2D eigenvalue weighted by Crippen LogP contribution is 2.21. The molecule has 1 N–H and O–H groups in total. The van der Waals surface area contributed by atoms with Gasteiger partial charge in [-0.05, 0) is 43.9 Å². The van der Waals surface area contributed by atoms with Gasteiger partial charge in [0.15, 0.2) is 5.82 Å². The Morgan fingerprint density at radius 3 is 2.96 bits per heavy atom. The lowest BCUT2D eigenvalue weighted by Crippen LogP contribution is -2.40. The van der Waals surface area contributed by atoms with Crippen molar-refractivity contribution in [1.82, 2.24) is 20.1 Å². The highest BCUT2D eigenvalue weighted by molar-refractivity contribution is 5.91. The molecule has 0 radical (unpaired) electrons. The molecular weight excluding hydrogens is 326 g/mol. The molecule has 2 heterocycles. The number of aromatic nitrogens is 3. The topological polar surface area (TPSA) is 63.1 Å². The van der Waals surface area contributed by atoms with E-state index in [-0.39, 0.29) is 6.03 Å². The second kappa shape index (κ2) is 8.83. The Labute approximate surface area is 155 Å². The van der Waals surface area contributed by atoms with Crippen molar-refractivity contribution in [3.8, 4) is 0 Å². The fraction of sp³-hybridized carbons (Fsp3) is 0.550. The summed E-state index contributed by atoms with van der Waals surface area (Å²) in [6.07, 6.45) is 6.54. The van der Waals surface area contributed by atoms with Gasteiger partial charge in [-0.25, -0.2) is 4.79 Å². The Morgan fingerprint density at radius 2 is 2.15 bits per heavy atom. The van der Waals surface area contributed by atoms with Gasteiger partial charge in [0.25, 0.3) is 0 Å². The molecule has 0 unspecified atom stereocenters. The molecule has 1 aliphatic heterocycles. The summed E-state index contributed by atoms with van der Waals surface area (Å²) in [5, 5.41) is 11.8. The van der Waals surface area contributed by atoms with Crippen LogP contribution in [0.4, 0.5) is 10.5 Å². The van der Waals surface area contributed by atoms with Crippen molar-refractivity contribution in [3.63, 3.8) is 0 Å². The molecule has 1 aromatic carbocycles. The monoisotopic (exact) mass is 355 g/mol. The summed E-state index contributed by atoms with van der Waals surface area (Å²) in [6, 6.07) is 7.97. The summed E-state index contributed by atoms with van der Waals surface area (Å²) in [6.45, 7) is 6.23. The molecule has 0 aliphatic carbocycles. The van der Waals surface area contributed by atoms with Crippen LogP contribution in [0.3, 0.4) is 0 Å². The van der Waals surface area contributed by atoms with E-state index in [1.807, 2.05) is 31.2 Å². The lowest BCUT2D eigenvalue weighted by Gasteiger charge is -2.23. The van der Waals surface area contributed by atoms with Gasteiger partial charge in [0.2, 0.25) is 0 Å². The number of hydrogen-bond acceptors (Lipinski definition) is 3. The van der Waals surface area contributed by atoms with Crippen molar-refractivity contribution in [1.29, 1.82) is 0 Å². The third-order valence-electron chi connectivity index (χ3n) is 4.85. The summed E-state index contributed by atoms with van der Waals surface area (Å²) in [5.74, 6) is 1.92. The second-order valence-corrected chi connectivity index (χ2v) is 7.01. The zero-order valence-corrected chi connectivity index (χ0v) is 15.9. The fourth-order valence-corrected chi connectivity index (χ4v) is 3.35. The van der Waals surface area contributed by atoms with E-state index in [0.29, 0.717) is 13.1 Å². The molecule has 6 heteroatoms. The van der Waals surface area contributed by atoms with Gasteiger partial charge >= 0.3 is 6.03 Å². The van der Waals surface area contributed by atoms with Crippen LogP contribution >= 0.6 is 0 Å². The van der Waals surface area contributed by atoms with Crippen LogP contribution in [-0.2, 0) is 19.5 Å². The quantitative estimate of drug-likeness (QED) is 0.801. The van der Waals surface area contributed by atoms with E-state index >= 15 is 0 Å². The number of benzene rings is 1. The van der Waals surface area contributed by atoms with Gasteiger partial charge in [0.05, 0.1) is 6.54 Å². The van der Waals surface area contributed by atoms with Crippen molar-refractivity contribution in [2.45, 2.75) is 65.5 Å². The summed E-state index contributed by atoms with van der Waals surface area (Å²) >= 11 is 0. The normalized spacial score (nSPS) is 13.8. The number of aryl methyl sites for hydroxylation is 2. The number of nitrogens with one attached hydrogen (secondary N) is 1. The molecule has 0 bridgehead atoms. The lowest BCUT2D eigenvalue weighted by molar-refractivity contribution is 0.245. The van der Waals surface area contributed by atoms with Gasteiger partial charge in [0, 0.05) is 25.2 Å². The van der Waals surface area contributed by atoms with Crippen LogP contribution in [0.15, 0.2) is 24.3 Å². The molecular formula is C20H29N5O. The largest absolute Gasteiger partial charge is 0.338 e. The number of carbonyl (C=O) groups is 1. The maximum Gasteiger partial charge on any atom is 0.322 e. The van der Waals surface area contributed by atoms with Crippen molar-refractivity contribution in [2.75, 3.05) is 11.4 Å². The number of rotatable bonds is 6. The molecule has 1 aliphatic rings. The number of carbonyl (C=O) groups excluding carboxylic acids is 1. The van der Waals surface area contributed by atoms with Crippen molar-refractivity contribution in [3.05, 3.63) is 41.5 Å². The number of nitrogens with zero attached hydrogens (tertiary/aromatic N) is 4. The van der Waals surface area contributed by atoms with Gasteiger partial charge < -0.3 is 9.88 Å². The van der Waals surface area contributed by atoms with E-state index in [0.717, 1.165) is 61.5 Å². The SMILES string of the molecule is CCCCNC(=O)N(Cc1nnc2n1CCCCC2)c1cccc(C)c1. The zero-order valence-electron chi connectivity index (χ0n) is 15.9. The van der Waals surface area contributed by atoms with Crippen LogP contribution in [-0.4, -0.2) is 27.3 Å². The first kappa shape index (κ1) is 18.4. The number of anilines is 1. The molecule has 0 atom stereocenters. The first-order valence-corrected chi connectivity index (χ1v) is 9.72. The minimum Gasteiger partial charge on any atom is -0.338 e. The summed E-state index contributed by atoms with van der Waals surface area (Å²) < 4.78 is 2.20. The third-order valence-corrected chi connectivity index (χ3v) is 4.85. The van der Waals surface area contributed by atoms with E-state index in [1.165, 1.54) is 6.42 Å².